The Morgan fingerprint density at radius 2 is 1.67 bits per heavy atom. The minimum absolute atomic E-state index is 0.198. The first-order valence-electron chi connectivity index (χ1n) is 9.62. The molecule has 2 atom stereocenters. The van der Waals surface area contributed by atoms with E-state index in [9.17, 15) is 14.4 Å². The minimum Gasteiger partial charge on any atom is -0.466 e. The molecule has 1 aliphatic carbocycles. The molecular weight excluding hydrogens is 350 g/mol. The second-order valence-electron chi connectivity index (χ2n) is 6.66. The van der Waals surface area contributed by atoms with Gasteiger partial charge < -0.3 is 14.8 Å². The van der Waals surface area contributed by atoms with E-state index in [1.165, 1.54) is 6.92 Å². The highest BCUT2D eigenvalue weighted by molar-refractivity contribution is 5.89. The van der Waals surface area contributed by atoms with Crippen molar-refractivity contribution in [2.24, 2.45) is 11.8 Å². The molecule has 0 bridgehead atoms. The Morgan fingerprint density at radius 1 is 1.07 bits per heavy atom. The lowest BCUT2D eigenvalue weighted by Crippen LogP contribution is -2.38. The maximum atomic E-state index is 12.5. The van der Waals surface area contributed by atoms with Crippen LogP contribution in [0, 0.1) is 11.8 Å². The molecule has 150 valence electrons. The Hall–Kier alpha value is -2.38. The molecule has 1 aromatic rings. The number of unbranched alkanes of at least 4 members (excludes halogenated alkanes) is 1. The van der Waals surface area contributed by atoms with Crippen LogP contribution in [0.1, 0.15) is 51.8 Å². The van der Waals surface area contributed by atoms with Crippen molar-refractivity contribution < 1.29 is 23.9 Å². The lowest BCUT2D eigenvalue weighted by atomic mass is 9.78. The fraction of sp³-hybridized carbons (Fsp3) is 0.684. The Kier molecular flexibility index (Phi) is 7.38. The Morgan fingerprint density at radius 3 is 2.19 bits per heavy atom. The van der Waals surface area contributed by atoms with E-state index in [1.807, 2.05) is 0 Å². The Balaban J connectivity index is 2.42. The fourth-order valence-electron chi connectivity index (χ4n) is 3.41. The zero-order valence-electron chi connectivity index (χ0n) is 16.5. The first-order chi connectivity index (χ1) is 12.9. The topological polar surface area (TPSA) is 99.5 Å². The summed E-state index contributed by atoms with van der Waals surface area (Å²) in [5.74, 6) is -1.69. The van der Waals surface area contributed by atoms with E-state index in [0.717, 1.165) is 24.1 Å². The second-order valence-corrected chi connectivity index (χ2v) is 6.66. The van der Waals surface area contributed by atoms with Crippen molar-refractivity contribution in [1.29, 1.82) is 0 Å². The molecule has 2 rings (SSSR count). The zero-order chi connectivity index (χ0) is 20.0. The third-order valence-electron chi connectivity index (χ3n) is 4.65. The maximum absolute atomic E-state index is 12.5. The molecule has 8 heteroatoms. The number of anilines is 1. The lowest BCUT2D eigenvalue weighted by molar-refractivity contribution is -0.160. The molecule has 0 aliphatic heterocycles. The zero-order valence-corrected chi connectivity index (χ0v) is 16.5. The molecule has 1 heterocycles. The van der Waals surface area contributed by atoms with Gasteiger partial charge in [-0.25, -0.2) is 4.68 Å². The third-order valence-corrected chi connectivity index (χ3v) is 4.65. The monoisotopic (exact) mass is 379 g/mol. The van der Waals surface area contributed by atoms with Crippen LogP contribution in [0.4, 0.5) is 5.82 Å². The first kappa shape index (κ1) is 20.9. The van der Waals surface area contributed by atoms with E-state index in [4.69, 9.17) is 9.47 Å². The van der Waals surface area contributed by atoms with Crippen LogP contribution in [0.5, 0.6) is 0 Å². The highest BCUT2D eigenvalue weighted by atomic mass is 16.5. The molecule has 0 unspecified atom stereocenters. The molecule has 27 heavy (non-hydrogen) atoms. The molecule has 1 aliphatic rings. The smallest absolute Gasteiger partial charge is 0.310 e. The van der Waals surface area contributed by atoms with Crippen molar-refractivity contribution in [3.8, 4) is 0 Å². The van der Waals surface area contributed by atoms with Crippen LogP contribution in [-0.2, 0) is 43.2 Å². The highest BCUT2D eigenvalue weighted by Crippen LogP contribution is 2.36. The van der Waals surface area contributed by atoms with E-state index in [2.05, 4.69) is 17.3 Å². The van der Waals surface area contributed by atoms with E-state index >= 15 is 0 Å². The van der Waals surface area contributed by atoms with Crippen LogP contribution in [-0.4, -0.2) is 40.8 Å². The number of amides is 1. The van der Waals surface area contributed by atoms with Gasteiger partial charge in [-0.2, -0.15) is 5.10 Å². The average Bonchev–Trinajstić information content (AvgIpc) is 2.95. The number of fused-ring (bicyclic) bond motifs is 1. The molecule has 0 fully saturated rings. The lowest BCUT2D eigenvalue weighted by Gasteiger charge is -2.28. The number of hydrogen-bond acceptors (Lipinski definition) is 6. The summed E-state index contributed by atoms with van der Waals surface area (Å²) >= 11 is 0. The van der Waals surface area contributed by atoms with Crippen LogP contribution < -0.4 is 5.32 Å². The normalized spacial score (nSPS) is 18.5. The predicted molar refractivity (Wildman–Crippen MR) is 99.1 cm³/mol. The van der Waals surface area contributed by atoms with Crippen LogP contribution in [0.3, 0.4) is 0 Å². The van der Waals surface area contributed by atoms with Crippen LogP contribution in [0.2, 0.25) is 0 Å². The van der Waals surface area contributed by atoms with Gasteiger partial charge in [0.25, 0.3) is 0 Å². The van der Waals surface area contributed by atoms with Gasteiger partial charge in [0.2, 0.25) is 5.91 Å². The highest BCUT2D eigenvalue weighted by Gasteiger charge is 2.42. The van der Waals surface area contributed by atoms with Crippen molar-refractivity contribution in [2.75, 3.05) is 18.5 Å². The van der Waals surface area contributed by atoms with Crippen LogP contribution >= 0.6 is 0 Å². The molecule has 1 N–H and O–H groups in total. The van der Waals surface area contributed by atoms with Gasteiger partial charge in [-0.15, -0.1) is 0 Å². The Labute approximate surface area is 159 Å². The van der Waals surface area contributed by atoms with Crippen molar-refractivity contribution in [3.63, 3.8) is 0 Å². The standard InChI is InChI=1S/C19H29N3O5/c1-5-8-9-22-17(20-12(4)23)15-10-13(18(24)26-6-2)14(11-16(15)21-22)19(25)27-7-3/h13-14H,5-11H2,1-4H3,(H,20,23)/t13-,14-/m0/s1. The van der Waals surface area contributed by atoms with Gasteiger partial charge in [0.15, 0.2) is 0 Å². The number of aromatic nitrogens is 2. The maximum Gasteiger partial charge on any atom is 0.310 e. The molecule has 1 aromatic heterocycles. The van der Waals surface area contributed by atoms with E-state index in [0.29, 0.717) is 25.2 Å². The molecule has 0 spiro atoms. The van der Waals surface area contributed by atoms with Gasteiger partial charge in [0, 0.05) is 25.5 Å². The van der Waals surface area contributed by atoms with Gasteiger partial charge in [-0.05, 0) is 26.7 Å². The van der Waals surface area contributed by atoms with Crippen molar-refractivity contribution in [2.45, 2.75) is 59.9 Å². The molecule has 0 aromatic carbocycles. The van der Waals surface area contributed by atoms with Crippen molar-refractivity contribution in [1.82, 2.24) is 9.78 Å². The van der Waals surface area contributed by atoms with Crippen LogP contribution in [0.15, 0.2) is 0 Å². The molecule has 0 radical (unpaired) electrons. The largest absolute Gasteiger partial charge is 0.466 e. The van der Waals surface area contributed by atoms with Crippen molar-refractivity contribution in [3.05, 3.63) is 11.3 Å². The molecule has 0 saturated carbocycles. The van der Waals surface area contributed by atoms with Gasteiger partial charge in [-0.1, -0.05) is 13.3 Å². The number of aryl methyl sites for hydroxylation is 1. The predicted octanol–water partition coefficient (Wildman–Crippen LogP) is 2.10. The first-order valence-corrected chi connectivity index (χ1v) is 9.62. The number of esters is 2. The van der Waals surface area contributed by atoms with E-state index in [-0.39, 0.29) is 19.1 Å². The summed E-state index contributed by atoms with van der Waals surface area (Å²) in [5.41, 5.74) is 1.54. The second kappa shape index (κ2) is 9.53. The number of nitrogens with one attached hydrogen (secondary N) is 1. The SMILES string of the molecule is CCCCn1nc2c(c1NC(C)=O)C[C@H](C(=O)OCC)[C@@H](C(=O)OCC)C2. The third kappa shape index (κ3) is 4.87. The number of nitrogens with zero attached hydrogens (tertiary/aromatic N) is 2. The minimum atomic E-state index is -0.646. The molecule has 8 nitrogen and oxygen atoms in total. The number of hydrogen-bond donors (Lipinski definition) is 1. The molecule has 1 amide bonds. The van der Waals surface area contributed by atoms with Crippen LogP contribution in [0.25, 0.3) is 0 Å². The van der Waals surface area contributed by atoms with E-state index < -0.39 is 23.8 Å². The summed E-state index contributed by atoms with van der Waals surface area (Å²) in [4.78, 5) is 36.6. The quantitative estimate of drug-likeness (QED) is 0.695. The summed E-state index contributed by atoms with van der Waals surface area (Å²) in [5, 5.41) is 7.46. The molecule has 0 saturated heterocycles. The van der Waals surface area contributed by atoms with Gasteiger partial charge >= 0.3 is 11.9 Å². The summed E-state index contributed by atoms with van der Waals surface area (Å²) in [6.07, 6.45) is 2.49. The summed E-state index contributed by atoms with van der Waals surface area (Å²) < 4.78 is 12.1. The van der Waals surface area contributed by atoms with Crippen molar-refractivity contribution >= 4 is 23.7 Å². The fourth-order valence-corrected chi connectivity index (χ4v) is 3.41. The molecular formula is C19H29N3O5. The summed E-state index contributed by atoms with van der Waals surface area (Å²) in [7, 11) is 0. The van der Waals surface area contributed by atoms with E-state index in [1.54, 1.807) is 18.5 Å². The number of rotatable bonds is 8. The Bertz CT molecular complexity index is 698. The van der Waals surface area contributed by atoms with Gasteiger partial charge in [0.05, 0.1) is 30.7 Å². The number of carbonyl (C=O) groups is 3. The number of carbonyl (C=O) groups excluding carboxylic acids is 3. The summed E-state index contributed by atoms with van der Waals surface area (Å²) in [6, 6.07) is 0. The number of ether oxygens (including phenoxy) is 2. The van der Waals surface area contributed by atoms with Gasteiger partial charge in [0.1, 0.15) is 5.82 Å². The average molecular weight is 379 g/mol. The van der Waals surface area contributed by atoms with Gasteiger partial charge in [-0.3, -0.25) is 14.4 Å². The summed E-state index contributed by atoms with van der Waals surface area (Å²) in [6.45, 7) is 8.14.